The van der Waals surface area contributed by atoms with E-state index in [9.17, 15) is 4.79 Å². The summed E-state index contributed by atoms with van der Waals surface area (Å²) in [7, 11) is 0. The SMILES string of the molecule is Cl.O=C(O)C1=CCCN(CCON=C(c2ccccc2)c2cccs2)C1. The minimum atomic E-state index is -0.840. The highest BCUT2D eigenvalue weighted by Gasteiger charge is 2.17. The largest absolute Gasteiger partial charge is 0.478 e. The molecule has 5 nitrogen and oxygen atoms in total. The Labute approximate surface area is 163 Å². The van der Waals surface area contributed by atoms with Crippen molar-refractivity contribution in [2.45, 2.75) is 6.42 Å². The van der Waals surface area contributed by atoms with Gasteiger partial charge >= 0.3 is 5.97 Å². The third kappa shape index (κ3) is 5.42. The lowest BCUT2D eigenvalue weighted by Crippen LogP contribution is -2.34. The van der Waals surface area contributed by atoms with Gasteiger partial charge in [-0.25, -0.2) is 4.79 Å². The minimum Gasteiger partial charge on any atom is -0.478 e. The van der Waals surface area contributed by atoms with Crippen LogP contribution in [0.15, 0.2) is 64.6 Å². The zero-order valence-electron chi connectivity index (χ0n) is 14.2. The lowest BCUT2D eigenvalue weighted by molar-refractivity contribution is -0.133. The summed E-state index contributed by atoms with van der Waals surface area (Å²) in [4.78, 5) is 19.8. The van der Waals surface area contributed by atoms with Crippen LogP contribution in [0.4, 0.5) is 0 Å². The molecule has 0 radical (unpaired) electrons. The zero-order valence-corrected chi connectivity index (χ0v) is 15.8. The summed E-state index contributed by atoms with van der Waals surface area (Å²) in [5.74, 6) is -0.840. The highest BCUT2D eigenvalue weighted by Crippen LogP contribution is 2.16. The molecule has 0 atom stereocenters. The first-order valence-electron chi connectivity index (χ1n) is 8.18. The number of halogens is 1. The number of thiophene rings is 1. The van der Waals surface area contributed by atoms with Gasteiger partial charge in [0, 0.05) is 30.8 Å². The molecule has 0 saturated heterocycles. The predicted octanol–water partition coefficient (Wildman–Crippen LogP) is 3.66. The number of hydrogen-bond donors (Lipinski definition) is 1. The van der Waals surface area contributed by atoms with Crippen molar-refractivity contribution in [3.05, 3.63) is 69.9 Å². The summed E-state index contributed by atoms with van der Waals surface area (Å²) in [6, 6.07) is 14.0. The van der Waals surface area contributed by atoms with Gasteiger partial charge in [-0.3, -0.25) is 4.90 Å². The van der Waals surface area contributed by atoms with Crippen LogP contribution >= 0.6 is 23.7 Å². The molecular formula is C19H21ClN2O3S. The molecule has 0 unspecified atom stereocenters. The van der Waals surface area contributed by atoms with Crippen LogP contribution in [0.1, 0.15) is 16.9 Å². The van der Waals surface area contributed by atoms with Crippen molar-refractivity contribution < 1.29 is 14.7 Å². The van der Waals surface area contributed by atoms with Gasteiger partial charge in [-0.15, -0.1) is 23.7 Å². The fraction of sp³-hybridized carbons (Fsp3) is 0.263. The number of carboxylic acids is 1. The molecule has 1 aliphatic heterocycles. The number of carbonyl (C=O) groups is 1. The molecule has 26 heavy (non-hydrogen) atoms. The number of oxime groups is 1. The quantitative estimate of drug-likeness (QED) is 0.443. The van der Waals surface area contributed by atoms with Crippen LogP contribution in [0.2, 0.25) is 0 Å². The monoisotopic (exact) mass is 392 g/mol. The Bertz CT molecular complexity index is 760. The van der Waals surface area contributed by atoms with E-state index in [2.05, 4.69) is 10.1 Å². The molecule has 1 aromatic carbocycles. The van der Waals surface area contributed by atoms with Crippen molar-refractivity contribution in [1.29, 1.82) is 0 Å². The van der Waals surface area contributed by atoms with Crippen molar-refractivity contribution in [3.63, 3.8) is 0 Å². The van der Waals surface area contributed by atoms with E-state index in [0.29, 0.717) is 25.3 Å². The number of carboxylic acid groups (broad SMARTS) is 1. The number of rotatable bonds is 7. The standard InChI is InChI=1S/C19H20N2O3S.ClH/c22-19(23)16-8-4-10-21(14-16)11-12-24-20-18(17-9-5-13-25-17)15-6-2-1-3-7-15;/h1-3,5-9,13H,4,10-12,14H2,(H,22,23);1H. The molecule has 138 valence electrons. The Morgan fingerprint density at radius 3 is 2.73 bits per heavy atom. The normalized spacial score (nSPS) is 15.1. The van der Waals surface area contributed by atoms with E-state index in [4.69, 9.17) is 9.94 Å². The third-order valence-electron chi connectivity index (χ3n) is 3.96. The average molecular weight is 393 g/mol. The Morgan fingerprint density at radius 2 is 2.04 bits per heavy atom. The Balaban J connectivity index is 0.00000243. The summed E-state index contributed by atoms with van der Waals surface area (Å²) in [5, 5.41) is 15.4. The molecule has 1 aliphatic rings. The Morgan fingerprint density at radius 1 is 1.23 bits per heavy atom. The molecule has 1 N–H and O–H groups in total. The maximum absolute atomic E-state index is 11.1. The average Bonchev–Trinajstić information content (AvgIpc) is 3.17. The fourth-order valence-corrected chi connectivity index (χ4v) is 3.41. The van der Waals surface area contributed by atoms with Crippen molar-refractivity contribution in [3.8, 4) is 0 Å². The second-order valence-corrected chi connectivity index (χ2v) is 6.66. The van der Waals surface area contributed by atoms with Crippen LogP contribution in [0.3, 0.4) is 0 Å². The van der Waals surface area contributed by atoms with Crippen LogP contribution in [-0.4, -0.2) is 47.9 Å². The number of nitrogens with zero attached hydrogens (tertiary/aromatic N) is 2. The molecule has 7 heteroatoms. The summed E-state index contributed by atoms with van der Waals surface area (Å²) >= 11 is 1.62. The van der Waals surface area contributed by atoms with E-state index in [-0.39, 0.29) is 12.4 Å². The van der Waals surface area contributed by atoms with Crippen LogP contribution in [-0.2, 0) is 9.63 Å². The summed E-state index contributed by atoms with van der Waals surface area (Å²) in [6.45, 7) is 2.38. The zero-order chi connectivity index (χ0) is 17.5. The lowest BCUT2D eigenvalue weighted by atomic mass is 10.1. The van der Waals surface area contributed by atoms with Gasteiger partial charge in [0.25, 0.3) is 0 Å². The van der Waals surface area contributed by atoms with E-state index < -0.39 is 5.97 Å². The maximum Gasteiger partial charge on any atom is 0.332 e. The van der Waals surface area contributed by atoms with E-state index in [1.165, 1.54) is 0 Å². The molecular weight excluding hydrogens is 372 g/mol. The van der Waals surface area contributed by atoms with E-state index in [1.54, 1.807) is 17.4 Å². The van der Waals surface area contributed by atoms with Crippen LogP contribution in [0.25, 0.3) is 0 Å². The predicted molar refractivity (Wildman–Crippen MR) is 106 cm³/mol. The van der Waals surface area contributed by atoms with E-state index >= 15 is 0 Å². The van der Waals surface area contributed by atoms with E-state index in [1.807, 2.05) is 47.8 Å². The summed E-state index contributed by atoms with van der Waals surface area (Å²) in [5.41, 5.74) is 2.29. The van der Waals surface area contributed by atoms with Gasteiger partial charge in [0.15, 0.2) is 0 Å². The van der Waals surface area contributed by atoms with Gasteiger partial charge in [0.1, 0.15) is 12.3 Å². The van der Waals surface area contributed by atoms with Gasteiger partial charge in [0.2, 0.25) is 0 Å². The number of aliphatic carboxylic acids is 1. The molecule has 0 spiro atoms. The van der Waals surface area contributed by atoms with Crippen molar-refractivity contribution >= 4 is 35.4 Å². The van der Waals surface area contributed by atoms with Gasteiger partial charge < -0.3 is 9.94 Å². The highest BCUT2D eigenvalue weighted by molar-refractivity contribution is 7.12. The Kier molecular flexibility index (Phi) is 7.84. The molecule has 1 aromatic heterocycles. The van der Waals surface area contributed by atoms with Gasteiger partial charge in [-0.2, -0.15) is 0 Å². The molecule has 0 aliphatic carbocycles. The second kappa shape index (κ2) is 10.1. The summed E-state index contributed by atoms with van der Waals surface area (Å²) in [6.07, 6.45) is 2.55. The molecule has 0 saturated carbocycles. The van der Waals surface area contributed by atoms with Crippen LogP contribution < -0.4 is 0 Å². The maximum atomic E-state index is 11.1. The molecule has 0 fully saturated rings. The Hall–Kier alpha value is -2.15. The van der Waals surface area contributed by atoms with Crippen LogP contribution in [0, 0.1) is 0 Å². The highest BCUT2D eigenvalue weighted by atomic mass is 35.5. The summed E-state index contributed by atoms with van der Waals surface area (Å²) < 4.78 is 0. The van der Waals surface area contributed by atoms with Gasteiger partial charge in [-0.05, 0) is 17.9 Å². The molecule has 2 aromatic rings. The fourth-order valence-electron chi connectivity index (χ4n) is 2.68. The van der Waals surface area contributed by atoms with Crippen molar-refractivity contribution in [2.24, 2.45) is 5.16 Å². The first-order valence-corrected chi connectivity index (χ1v) is 9.06. The minimum absolute atomic E-state index is 0. The van der Waals surface area contributed by atoms with Crippen molar-refractivity contribution in [2.75, 3.05) is 26.2 Å². The third-order valence-corrected chi connectivity index (χ3v) is 4.84. The van der Waals surface area contributed by atoms with Gasteiger partial charge in [-0.1, -0.05) is 47.6 Å². The van der Waals surface area contributed by atoms with Crippen molar-refractivity contribution in [1.82, 2.24) is 4.90 Å². The first kappa shape index (κ1) is 20.2. The second-order valence-electron chi connectivity index (χ2n) is 5.72. The van der Waals surface area contributed by atoms with Gasteiger partial charge in [0.05, 0.1) is 4.88 Å². The molecule has 0 bridgehead atoms. The molecule has 2 heterocycles. The topological polar surface area (TPSA) is 62.1 Å². The van der Waals surface area contributed by atoms with Crippen LogP contribution in [0.5, 0.6) is 0 Å². The van der Waals surface area contributed by atoms with E-state index in [0.717, 1.165) is 29.1 Å². The lowest BCUT2D eigenvalue weighted by Gasteiger charge is -2.24. The number of benzene rings is 1. The smallest absolute Gasteiger partial charge is 0.332 e. The molecule has 0 amide bonds. The molecule has 3 rings (SSSR count). The number of hydrogen-bond acceptors (Lipinski definition) is 5. The first-order chi connectivity index (χ1) is 12.2.